The van der Waals surface area contributed by atoms with Crippen LogP contribution in [0.5, 0.6) is 0 Å². The maximum absolute atomic E-state index is 11.8. The Morgan fingerprint density at radius 3 is 1.37 bits per heavy atom. The number of allylic oxidation sites excluding steroid dienone is 2. The summed E-state index contributed by atoms with van der Waals surface area (Å²) in [6.45, 7) is 2.28. The number of unbranched alkanes of at least 4 members (excludes halogenated alkanes) is 15. The zero-order valence-corrected chi connectivity index (χ0v) is 19.2. The average molecular weight is 381 g/mol. The van der Waals surface area contributed by atoms with Crippen molar-refractivity contribution in [3.05, 3.63) is 12.2 Å². The summed E-state index contributed by atoms with van der Waals surface area (Å²) in [5.41, 5.74) is 0. The van der Waals surface area contributed by atoms with Gasteiger partial charge in [0.2, 0.25) is 0 Å². The van der Waals surface area contributed by atoms with E-state index in [-0.39, 0.29) is 0 Å². The Balaban J connectivity index is 3.19. The molecule has 0 radical (unpaired) electrons. The van der Waals surface area contributed by atoms with Gasteiger partial charge in [-0.25, -0.2) is 4.79 Å². The molecule has 0 atom stereocenters. The summed E-state index contributed by atoms with van der Waals surface area (Å²) in [6.07, 6.45) is 28.4. The highest BCUT2D eigenvalue weighted by Gasteiger charge is 2.18. The lowest BCUT2D eigenvalue weighted by molar-refractivity contribution is -0.792. The Kier molecular flexibility index (Phi) is 18.3. The van der Waals surface area contributed by atoms with E-state index in [1.165, 1.54) is 103 Å². The van der Waals surface area contributed by atoms with Crippen molar-refractivity contribution in [1.29, 1.82) is 0 Å². The highest BCUT2D eigenvalue weighted by Crippen LogP contribution is 2.13. The molecule has 0 aliphatic heterocycles. The average Bonchev–Trinajstić information content (AvgIpc) is 2.62. The minimum atomic E-state index is 0.357. The van der Waals surface area contributed by atoms with Crippen LogP contribution in [0.2, 0.25) is 0 Å². The van der Waals surface area contributed by atoms with Crippen molar-refractivity contribution < 1.29 is 9.28 Å². The van der Waals surface area contributed by atoms with Crippen LogP contribution in [-0.4, -0.2) is 31.5 Å². The molecule has 0 aliphatic rings. The number of carbonyl (C=O) groups excluding carboxylic acids is 1. The quantitative estimate of drug-likeness (QED) is 0.127. The second kappa shape index (κ2) is 18.7. The molecular weight excluding hydrogens is 330 g/mol. The molecule has 2 heteroatoms. The molecule has 0 fully saturated rings. The molecule has 0 rings (SSSR count). The molecule has 2 nitrogen and oxygen atoms in total. The van der Waals surface area contributed by atoms with Gasteiger partial charge in [-0.2, -0.15) is 0 Å². The first-order chi connectivity index (χ1) is 13.0. The van der Waals surface area contributed by atoms with E-state index in [0.717, 1.165) is 12.8 Å². The number of rotatable bonds is 19. The summed E-state index contributed by atoms with van der Waals surface area (Å²) in [5.74, 6) is 0.357. The molecule has 0 unspecified atom stereocenters. The lowest BCUT2D eigenvalue weighted by Gasteiger charge is -2.20. The number of nitrogens with zero attached hydrogens (tertiary/aromatic N) is 1. The predicted molar refractivity (Wildman–Crippen MR) is 121 cm³/mol. The Labute approximate surface area is 171 Å². The lowest BCUT2D eigenvalue weighted by atomic mass is 10.1. The van der Waals surface area contributed by atoms with Gasteiger partial charge in [-0.05, 0) is 32.1 Å². The molecule has 160 valence electrons. The van der Waals surface area contributed by atoms with E-state index in [0.29, 0.717) is 10.4 Å². The second-order valence-electron chi connectivity index (χ2n) is 9.15. The summed E-state index contributed by atoms with van der Waals surface area (Å²) in [7, 11) is 5.90. The van der Waals surface area contributed by atoms with Crippen molar-refractivity contribution >= 4 is 5.91 Å². The lowest BCUT2D eigenvalue weighted by Crippen LogP contribution is -2.40. The van der Waals surface area contributed by atoms with Gasteiger partial charge in [0.05, 0.1) is 27.6 Å². The van der Waals surface area contributed by atoms with Crippen LogP contribution in [0, 0.1) is 0 Å². The first-order valence-corrected chi connectivity index (χ1v) is 12.0. The second-order valence-corrected chi connectivity index (χ2v) is 9.15. The first-order valence-electron chi connectivity index (χ1n) is 12.0. The molecule has 0 heterocycles. The highest BCUT2D eigenvalue weighted by molar-refractivity contribution is 5.68. The largest absolute Gasteiger partial charge is 0.313 e. The molecule has 0 aromatic rings. The van der Waals surface area contributed by atoms with Gasteiger partial charge in [0.15, 0.2) is 0 Å². The Bertz CT molecular complexity index is 354. The van der Waals surface area contributed by atoms with Gasteiger partial charge >= 0.3 is 5.91 Å². The molecule has 0 aliphatic carbocycles. The van der Waals surface area contributed by atoms with Crippen LogP contribution >= 0.6 is 0 Å². The smallest absolute Gasteiger partial charge is 0.268 e. The van der Waals surface area contributed by atoms with E-state index < -0.39 is 0 Å². The molecule has 0 saturated carbocycles. The standard InChI is InChI=1S/C25H50NO/c1-5-6-7-8-9-10-11-12-13-14-15-16-17-18-19-20-21-22-23-24-25(27)26(2,3)4/h12-13H,5-11,14-24H2,1-4H3/q+1. The van der Waals surface area contributed by atoms with Gasteiger partial charge in [-0.3, -0.25) is 4.48 Å². The van der Waals surface area contributed by atoms with E-state index in [1.807, 2.05) is 21.1 Å². The molecule has 0 aromatic carbocycles. The SMILES string of the molecule is CCCCCCCCC=CCCCCCCCCCCCC(=O)[N+](C)(C)C. The number of amides is 1. The highest BCUT2D eigenvalue weighted by atomic mass is 16.2. The van der Waals surface area contributed by atoms with Crippen LogP contribution in [0.4, 0.5) is 0 Å². The zero-order valence-electron chi connectivity index (χ0n) is 19.2. The van der Waals surface area contributed by atoms with E-state index in [1.54, 1.807) is 0 Å². The summed E-state index contributed by atoms with van der Waals surface area (Å²) < 4.78 is 0.467. The van der Waals surface area contributed by atoms with Crippen LogP contribution in [0.1, 0.15) is 122 Å². The first kappa shape index (κ1) is 26.4. The number of hydrogen-bond acceptors (Lipinski definition) is 1. The predicted octanol–water partition coefficient (Wildman–Crippen LogP) is 7.82. The van der Waals surface area contributed by atoms with Gasteiger partial charge in [-0.1, -0.05) is 96.1 Å². The fraction of sp³-hybridized carbons (Fsp3) is 0.880. The molecule has 1 amide bonds. The van der Waals surface area contributed by atoms with Crippen LogP contribution in [-0.2, 0) is 4.79 Å². The van der Waals surface area contributed by atoms with E-state index in [2.05, 4.69) is 19.1 Å². The van der Waals surface area contributed by atoms with Gasteiger partial charge in [0.25, 0.3) is 0 Å². The maximum Gasteiger partial charge on any atom is 0.313 e. The maximum atomic E-state index is 11.8. The molecular formula is C25H50NO+. The Morgan fingerprint density at radius 2 is 0.963 bits per heavy atom. The van der Waals surface area contributed by atoms with Gasteiger partial charge < -0.3 is 0 Å². The fourth-order valence-electron chi connectivity index (χ4n) is 3.39. The molecule has 0 spiro atoms. The number of carbonyl (C=O) groups is 1. The number of hydrogen-bond donors (Lipinski definition) is 0. The van der Waals surface area contributed by atoms with Crippen molar-refractivity contribution in [2.24, 2.45) is 0 Å². The summed E-state index contributed by atoms with van der Waals surface area (Å²) in [5, 5.41) is 0. The number of quaternary nitrogens is 1. The van der Waals surface area contributed by atoms with Crippen LogP contribution < -0.4 is 0 Å². The summed E-state index contributed by atoms with van der Waals surface area (Å²) >= 11 is 0. The van der Waals surface area contributed by atoms with E-state index in [4.69, 9.17) is 0 Å². The van der Waals surface area contributed by atoms with Crippen molar-refractivity contribution in [1.82, 2.24) is 0 Å². The monoisotopic (exact) mass is 380 g/mol. The van der Waals surface area contributed by atoms with Crippen molar-refractivity contribution in [3.8, 4) is 0 Å². The Hall–Kier alpha value is -0.630. The van der Waals surface area contributed by atoms with Crippen molar-refractivity contribution in [2.45, 2.75) is 122 Å². The summed E-state index contributed by atoms with van der Waals surface area (Å²) in [6, 6.07) is 0. The third kappa shape index (κ3) is 19.9. The zero-order chi connectivity index (χ0) is 20.2. The third-order valence-corrected chi connectivity index (χ3v) is 5.40. The minimum Gasteiger partial charge on any atom is -0.268 e. The van der Waals surface area contributed by atoms with E-state index in [9.17, 15) is 4.79 Å². The van der Waals surface area contributed by atoms with Gasteiger partial charge in [-0.15, -0.1) is 0 Å². The molecule has 0 N–H and O–H groups in total. The minimum absolute atomic E-state index is 0.357. The molecule has 27 heavy (non-hydrogen) atoms. The Morgan fingerprint density at radius 1 is 0.593 bits per heavy atom. The normalized spacial score (nSPS) is 12.1. The van der Waals surface area contributed by atoms with Crippen LogP contribution in [0.15, 0.2) is 12.2 Å². The molecule has 0 bridgehead atoms. The molecule has 0 aromatic heterocycles. The summed E-state index contributed by atoms with van der Waals surface area (Å²) in [4.78, 5) is 11.8. The molecule has 0 saturated heterocycles. The van der Waals surface area contributed by atoms with Gasteiger partial charge in [0.1, 0.15) is 0 Å². The van der Waals surface area contributed by atoms with Gasteiger partial charge in [0, 0.05) is 0 Å². The van der Waals surface area contributed by atoms with E-state index >= 15 is 0 Å². The third-order valence-electron chi connectivity index (χ3n) is 5.40. The fourth-order valence-corrected chi connectivity index (χ4v) is 3.39. The van der Waals surface area contributed by atoms with Crippen LogP contribution in [0.25, 0.3) is 0 Å². The topological polar surface area (TPSA) is 17.1 Å². The van der Waals surface area contributed by atoms with Crippen molar-refractivity contribution in [3.63, 3.8) is 0 Å². The van der Waals surface area contributed by atoms with Crippen molar-refractivity contribution in [2.75, 3.05) is 21.1 Å². The van der Waals surface area contributed by atoms with Crippen LogP contribution in [0.3, 0.4) is 0 Å².